The zero-order chi connectivity index (χ0) is 20.8. The third-order valence-electron chi connectivity index (χ3n) is 3.77. The summed E-state index contributed by atoms with van der Waals surface area (Å²) in [5, 5.41) is 0. The minimum absolute atomic E-state index is 0.00474. The molecule has 0 bridgehead atoms. The van der Waals surface area contributed by atoms with Crippen molar-refractivity contribution >= 4 is 21.8 Å². The van der Waals surface area contributed by atoms with Gasteiger partial charge in [-0.15, -0.1) is 0 Å². The second-order valence-electron chi connectivity index (χ2n) is 7.43. The molecule has 6 nitrogen and oxygen atoms in total. The molecule has 7 heteroatoms. The summed E-state index contributed by atoms with van der Waals surface area (Å²) in [5.74, 6) is -0.391. The standard InChI is InChI=1S/C21H27NO5S/c1-17-10-12-19(13-11-17)28(24,25)26-15-14-22(18-8-6-5-7-9-18)16-20(23)27-21(2,3)4/h5-13H,14-16H2,1-4H3. The first-order valence-electron chi connectivity index (χ1n) is 9.05. The number of benzene rings is 2. The van der Waals surface area contributed by atoms with Crippen molar-refractivity contribution in [3.8, 4) is 0 Å². The Bertz CT molecular complexity index is 871. The summed E-state index contributed by atoms with van der Waals surface area (Å²) in [5.41, 5.74) is 1.15. The number of hydrogen-bond donors (Lipinski definition) is 0. The summed E-state index contributed by atoms with van der Waals surface area (Å²) in [6.07, 6.45) is 0. The van der Waals surface area contributed by atoms with E-state index in [1.54, 1.807) is 37.8 Å². The second kappa shape index (κ2) is 9.21. The molecule has 0 N–H and O–H groups in total. The molecule has 0 fully saturated rings. The SMILES string of the molecule is Cc1ccc(S(=O)(=O)OCCN(CC(=O)OC(C)(C)C)c2ccccc2)cc1. The Hall–Kier alpha value is -2.38. The van der Waals surface area contributed by atoms with Crippen LogP contribution in [0, 0.1) is 6.92 Å². The lowest BCUT2D eigenvalue weighted by Gasteiger charge is -2.26. The van der Waals surface area contributed by atoms with Crippen molar-refractivity contribution in [1.29, 1.82) is 0 Å². The predicted octanol–water partition coefficient (Wildman–Crippen LogP) is 3.55. The van der Waals surface area contributed by atoms with E-state index in [9.17, 15) is 13.2 Å². The number of anilines is 1. The van der Waals surface area contributed by atoms with Gasteiger partial charge in [0.25, 0.3) is 10.1 Å². The fourth-order valence-corrected chi connectivity index (χ4v) is 3.40. The van der Waals surface area contributed by atoms with Gasteiger partial charge >= 0.3 is 5.97 Å². The second-order valence-corrected chi connectivity index (χ2v) is 9.05. The lowest BCUT2D eigenvalue weighted by Crippen LogP contribution is -2.37. The maximum atomic E-state index is 12.3. The maximum Gasteiger partial charge on any atom is 0.326 e. The highest BCUT2D eigenvalue weighted by Crippen LogP contribution is 2.16. The van der Waals surface area contributed by atoms with Crippen LogP contribution < -0.4 is 4.90 Å². The number of nitrogens with zero attached hydrogens (tertiary/aromatic N) is 1. The van der Waals surface area contributed by atoms with Crippen LogP contribution in [0.25, 0.3) is 0 Å². The van der Waals surface area contributed by atoms with Gasteiger partial charge in [-0.3, -0.25) is 8.98 Å². The minimum atomic E-state index is -3.86. The molecule has 0 heterocycles. The average molecular weight is 406 g/mol. The molecule has 0 atom stereocenters. The van der Waals surface area contributed by atoms with Crippen LogP contribution in [-0.4, -0.2) is 39.7 Å². The van der Waals surface area contributed by atoms with Gasteiger partial charge in [-0.05, 0) is 52.0 Å². The van der Waals surface area contributed by atoms with Crippen LogP contribution in [0.1, 0.15) is 26.3 Å². The van der Waals surface area contributed by atoms with E-state index >= 15 is 0 Å². The van der Waals surface area contributed by atoms with E-state index in [1.807, 2.05) is 37.3 Å². The summed E-state index contributed by atoms with van der Waals surface area (Å²) < 4.78 is 35.2. The number of para-hydroxylation sites is 1. The van der Waals surface area contributed by atoms with Crippen molar-refractivity contribution in [2.45, 2.75) is 38.2 Å². The number of carbonyl (C=O) groups is 1. The molecule has 2 aromatic rings. The van der Waals surface area contributed by atoms with Gasteiger partial charge in [-0.2, -0.15) is 8.42 Å². The van der Waals surface area contributed by atoms with Crippen LogP contribution in [0.4, 0.5) is 5.69 Å². The number of esters is 1. The number of aryl methyl sites for hydroxylation is 1. The topological polar surface area (TPSA) is 72.9 Å². The van der Waals surface area contributed by atoms with E-state index in [0.717, 1.165) is 11.3 Å². The fourth-order valence-electron chi connectivity index (χ4n) is 2.50. The summed E-state index contributed by atoms with van der Waals surface area (Å²) in [4.78, 5) is 14.1. The molecule has 0 aliphatic heterocycles. The lowest BCUT2D eigenvalue weighted by molar-refractivity contribution is -0.153. The van der Waals surface area contributed by atoms with Gasteiger partial charge in [0.05, 0.1) is 11.5 Å². The molecule has 28 heavy (non-hydrogen) atoms. The Balaban J connectivity index is 2.04. The van der Waals surface area contributed by atoms with Crippen LogP contribution in [0.3, 0.4) is 0 Å². The highest BCUT2D eigenvalue weighted by atomic mass is 32.2. The van der Waals surface area contributed by atoms with Crippen LogP contribution in [0.15, 0.2) is 59.5 Å². The van der Waals surface area contributed by atoms with E-state index in [-0.39, 0.29) is 24.6 Å². The first-order valence-corrected chi connectivity index (χ1v) is 10.5. The van der Waals surface area contributed by atoms with Gasteiger partial charge in [0.2, 0.25) is 0 Å². The highest BCUT2D eigenvalue weighted by Gasteiger charge is 2.21. The summed E-state index contributed by atoms with van der Waals surface area (Å²) in [7, 11) is -3.86. The summed E-state index contributed by atoms with van der Waals surface area (Å²) in [6, 6.07) is 15.7. The first kappa shape index (κ1) is 21.9. The molecule has 0 radical (unpaired) electrons. The van der Waals surface area contributed by atoms with Crippen LogP contribution in [0.5, 0.6) is 0 Å². The highest BCUT2D eigenvalue weighted by molar-refractivity contribution is 7.86. The smallest absolute Gasteiger partial charge is 0.326 e. The van der Waals surface area contributed by atoms with Gasteiger partial charge in [0, 0.05) is 12.2 Å². The van der Waals surface area contributed by atoms with Gasteiger partial charge < -0.3 is 9.64 Å². The molecule has 2 aromatic carbocycles. The van der Waals surface area contributed by atoms with Crippen LogP contribution in [-0.2, 0) is 23.8 Å². The molecule has 152 valence electrons. The van der Waals surface area contributed by atoms with Crippen molar-refractivity contribution in [3.05, 3.63) is 60.2 Å². The number of hydrogen-bond acceptors (Lipinski definition) is 6. The molecule has 2 rings (SSSR count). The van der Waals surface area contributed by atoms with Crippen molar-refractivity contribution in [2.24, 2.45) is 0 Å². The van der Waals surface area contributed by atoms with Crippen molar-refractivity contribution in [1.82, 2.24) is 0 Å². The molecule has 0 aromatic heterocycles. The molecule has 0 aliphatic rings. The fraction of sp³-hybridized carbons (Fsp3) is 0.381. The van der Waals surface area contributed by atoms with Gasteiger partial charge in [0.15, 0.2) is 0 Å². The van der Waals surface area contributed by atoms with Gasteiger partial charge in [-0.25, -0.2) is 0 Å². The molecule has 0 saturated carbocycles. The Morgan fingerprint density at radius 1 is 1.00 bits per heavy atom. The van der Waals surface area contributed by atoms with Gasteiger partial charge in [0.1, 0.15) is 12.1 Å². The molecule has 0 amide bonds. The molecular formula is C21H27NO5S. The zero-order valence-corrected chi connectivity index (χ0v) is 17.5. The number of rotatable bonds is 8. The van der Waals surface area contributed by atoms with E-state index in [1.165, 1.54) is 12.1 Å². The largest absolute Gasteiger partial charge is 0.459 e. The van der Waals surface area contributed by atoms with E-state index in [2.05, 4.69) is 0 Å². The van der Waals surface area contributed by atoms with Crippen LogP contribution in [0.2, 0.25) is 0 Å². The van der Waals surface area contributed by atoms with E-state index in [0.29, 0.717) is 0 Å². The summed E-state index contributed by atoms with van der Waals surface area (Å²) in [6.45, 7) is 7.40. The molecular weight excluding hydrogens is 378 g/mol. The van der Waals surface area contributed by atoms with Crippen LogP contribution >= 0.6 is 0 Å². The Kier molecular flexibility index (Phi) is 7.21. The van der Waals surface area contributed by atoms with E-state index in [4.69, 9.17) is 8.92 Å². The number of carbonyl (C=O) groups excluding carboxylic acids is 1. The van der Waals surface area contributed by atoms with Crippen molar-refractivity contribution < 1.29 is 22.1 Å². The lowest BCUT2D eigenvalue weighted by atomic mass is 10.2. The molecule has 0 spiro atoms. The molecule has 0 aliphatic carbocycles. The predicted molar refractivity (Wildman–Crippen MR) is 109 cm³/mol. The maximum absolute atomic E-state index is 12.3. The minimum Gasteiger partial charge on any atom is -0.459 e. The number of ether oxygens (including phenoxy) is 1. The third-order valence-corrected chi connectivity index (χ3v) is 5.10. The molecule has 0 unspecified atom stereocenters. The van der Waals surface area contributed by atoms with E-state index < -0.39 is 21.7 Å². The zero-order valence-electron chi connectivity index (χ0n) is 16.7. The first-order chi connectivity index (χ1) is 13.1. The third kappa shape index (κ3) is 6.98. The normalized spacial score (nSPS) is 11.9. The summed E-state index contributed by atoms with van der Waals surface area (Å²) >= 11 is 0. The van der Waals surface area contributed by atoms with Gasteiger partial charge in [-0.1, -0.05) is 35.9 Å². The van der Waals surface area contributed by atoms with Crippen molar-refractivity contribution in [2.75, 3.05) is 24.6 Å². The van der Waals surface area contributed by atoms with Crippen molar-refractivity contribution in [3.63, 3.8) is 0 Å². The monoisotopic (exact) mass is 405 g/mol. The quantitative estimate of drug-likeness (QED) is 0.494. The molecule has 0 saturated heterocycles. The Labute approximate surface area is 167 Å². The average Bonchev–Trinajstić information content (AvgIpc) is 2.60. The Morgan fingerprint density at radius 3 is 2.18 bits per heavy atom. The Morgan fingerprint density at radius 2 is 1.61 bits per heavy atom.